The predicted molar refractivity (Wildman–Crippen MR) is 96.1 cm³/mol. The van der Waals surface area contributed by atoms with Gasteiger partial charge in [0.15, 0.2) is 0 Å². The first-order valence-corrected chi connectivity index (χ1v) is 8.09. The predicted octanol–water partition coefficient (Wildman–Crippen LogP) is 2.38. The van der Waals surface area contributed by atoms with Crippen LogP contribution in [-0.2, 0) is 6.54 Å². The number of nitrogens with one attached hydrogen (secondary N) is 1. The van der Waals surface area contributed by atoms with Gasteiger partial charge in [0.2, 0.25) is 0 Å². The van der Waals surface area contributed by atoms with E-state index >= 15 is 0 Å². The minimum absolute atomic E-state index is 0.146. The van der Waals surface area contributed by atoms with Crippen LogP contribution in [0.25, 0.3) is 11.5 Å². The van der Waals surface area contributed by atoms with Crippen LogP contribution >= 0.6 is 0 Å². The SMILES string of the molecule is O=C(NCc1ccc(-n2ccnc2)cc1)c1ccnc(-n2ccnc2)c1. The molecule has 7 nitrogen and oxygen atoms in total. The first-order valence-electron chi connectivity index (χ1n) is 8.09. The minimum Gasteiger partial charge on any atom is -0.348 e. The molecule has 0 aliphatic carbocycles. The van der Waals surface area contributed by atoms with Gasteiger partial charge in [0, 0.05) is 48.8 Å². The van der Waals surface area contributed by atoms with Crippen molar-refractivity contribution in [1.29, 1.82) is 0 Å². The fraction of sp³-hybridized carbons (Fsp3) is 0.0526. The van der Waals surface area contributed by atoms with Crippen molar-refractivity contribution >= 4 is 5.91 Å². The van der Waals surface area contributed by atoms with E-state index in [0.717, 1.165) is 11.3 Å². The van der Waals surface area contributed by atoms with Crippen LogP contribution in [0.2, 0.25) is 0 Å². The standard InChI is InChI=1S/C19H16N6O/c26-19(16-5-6-22-18(11-16)25-10-8-21-14-25)23-12-15-1-3-17(4-2-15)24-9-7-20-13-24/h1-11,13-14H,12H2,(H,23,26). The molecule has 0 radical (unpaired) electrons. The van der Waals surface area contributed by atoms with Gasteiger partial charge in [-0.15, -0.1) is 0 Å². The summed E-state index contributed by atoms with van der Waals surface area (Å²) >= 11 is 0. The van der Waals surface area contributed by atoms with E-state index in [1.807, 2.05) is 35.0 Å². The largest absolute Gasteiger partial charge is 0.348 e. The first kappa shape index (κ1) is 15.8. The van der Waals surface area contributed by atoms with Crippen LogP contribution in [0.15, 0.2) is 80.0 Å². The van der Waals surface area contributed by atoms with E-state index in [0.29, 0.717) is 17.9 Å². The number of imidazole rings is 2. The molecule has 3 aromatic heterocycles. The van der Waals surface area contributed by atoms with E-state index in [2.05, 4.69) is 20.3 Å². The number of carbonyl (C=O) groups is 1. The van der Waals surface area contributed by atoms with Crippen molar-refractivity contribution in [3.05, 3.63) is 91.2 Å². The lowest BCUT2D eigenvalue weighted by Crippen LogP contribution is -2.23. The van der Waals surface area contributed by atoms with Gasteiger partial charge in [-0.25, -0.2) is 15.0 Å². The third-order valence-electron chi connectivity index (χ3n) is 3.97. The zero-order valence-corrected chi connectivity index (χ0v) is 13.9. The Morgan fingerprint density at radius 2 is 1.65 bits per heavy atom. The lowest BCUT2D eigenvalue weighted by molar-refractivity contribution is 0.0950. The number of carbonyl (C=O) groups excluding carboxylic acids is 1. The molecule has 1 aromatic carbocycles. The van der Waals surface area contributed by atoms with Crippen LogP contribution in [0.4, 0.5) is 0 Å². The van der Waals surface area contributed by atoms with Gasteiger partial charge in [0.25, 0.3) is 5.91 Å². The zero-order valence-electron chi connectivity index (χ0n) is 13.9. The molecule has 0 saturated heterocycles. The van der Waals surface area contributed by atoms with Crippen LogP contribution in [0, 0.1) is 0 Å². The maximum absolute atomic E-state index is 12.4. The summed E-state index contributed by atoms with van der Waals surface area (Å²) in [4.78, 5) is 24.7. The number of hydrogen-bond donors (Lipinski definition) is 1. The van der Waals surface area contributed by atoms with Gasteiger partial charge in [-0.3, -0.25) is 9.36 Å². The average molecular weight is 344 g/mol. The number of pyridine rings is 1. The molecule has 26 heavy (non-hydrogen) atoms. The molecule has 4 rings (SSSR count). The quantitative estimate of drug-likeness (QED) is 0.603. The van der Waals surface area contributed by atoms with Crippen LogP contribution < -0.4 is 5.32 Å². The molecule has 7 heteroatoms. The van der Waals surface area contributed by atoms with Crippen LogP contribution in [0.1, 0.15) is 15.9 Å². The summed E-state index contributed by atoms with van der Waals surface area (Å²) in [6.07, 6.45) is 12.1. The monoisotopic (exact) mass is 344 g/mol. The fourth-order valence-corrected chi connectivity index (χ4v) is 2.58. The second-order valence-corrected chi connectivity index (χ2v) is 5.69. The molecule has 0 fully saturated rings. The van der Waals surface area contributed by atoms with Gasteiger partial charge >= 0.3 is 0 Å². The lowest BCUT2D eigenvalue weighted by Gasteiger charge is -2.08. The van der Waals surface area contributed by atoms with Gasteiger partial charge in [-0.2, -0.15) is 0 Å². The highest BCUT2D eigenvalue weighted by Gasteiger charge is 2.08. The number of hydrogen-bond acceptors (Lipinski definition) is 4. The number of aromatic nitrogens is 5. The molecule has 0 unspecified atom stereocenters. The summed E-state index contributed by atoms with van der Waals surface area (Å²) in [6, 6.07) is 11.4. The Balaban J connectivity index is 1.42. The van der Waals surface area contributed by atoms with Crippen molar-refractivity contribution < 1.29 is 4.79 Å². The second kappa shape index (κ2) is 7.02. The van der Waals surface area contributed by atoms with Gasteiger partial charge in [0.1, 0.15) is 12.1 Å². The Kier molecular flexibility index (Phi) is 4.26. The number of benzene rings is 1. The van der Waals surface area contributed by atoms with Crippen molar-refractivity contribution in [2.45, 2.75) is 6.54 Å². The van der Waals surface area contributed by atoms with E-state index in [1.165, 1.54) is 0 Å². The number of nitrogens with zero attached hydrogens (tertiary/aromatic N) is 5. The molecule has 0 atom stereocenters. The molecule has 1 amide bonds. The van der Waals surface area contributed by atoms with Gasteiger partial charge in [-0.05, 0) is 29.8 Å². The molecule has 3 heterocycles. The van der Waals surface area contributed by atoms with Crippen molar-refractivity contribution in [2.75, 3.05) is 0 Å². The maximum Gasteiger partial charge on any atom is 0.251 e. The topological polar surface area (TPSA) is 77.6 Å². The highest BCUT2D eigenvalue weighted by Crippen LogP contribution is 2.10. The summed E-state index contributed by atoms with van der Waals surface area (Å²) in [7, 11) is 0. The lowest BCUT2D eigenvalue weighted by atomic mass is 10.2. The van der Waals surface area contributed by atoms with E-state index < -0.39 is 0 Å². The Hall–Kier alpha value is -3.74. The molecular formula is C19H16N6O. The molecular weight excluding hydrogens is 328 g/mol. The van der Waals surface area contributed by atoms with Crippen LogP contribution in [-0.4, -0.2) is 30.0 Å². The Morgan fingerprint density at radius 3 is 2.35 bits per heavy atom. The van der Waals surface area contributed by atoms with Gasteiger partial charge in [-0.1, -0.05) is 12.1 Å². The van der Waals surface area contributed by atoms with E-state index in [9.17, 15) is 4.79 Å². The van der Waals surface area contributed by atoms with Crippen molar-refractivity contribution in [3.8, 4) is 11.5 Å². The van der Waals surface area contributed by atoms with Crippen molar-refractivity contribution in [2.24, 2.45) is 0 Å². The number of rotatable bonds is 5. The number of amides is 1. The smallest absolute Gasteiger partial charge is 0.251 e. The van der Waals surface area contributed by atoms with Crippen LogP contribution in [0.3, 0.4) is 0 Å². The molecule has 0 aliphatic heterocycles. The molecule has 4 aromatic rings. The van der Waals surface area contributed by atoms with Crippen LogP contribution in [0.5, 0.6) is 0 Å². The van der Waals surface area contributed by atoms with Gasteiger partial charge < -0.3 is 9.88 Å². The minimum atomic E-state index is -0.146. The van der Waals surface area contributed by atoms with Gasteiger partial charge in [0.05, 0.1) is 6.33 Å². The average Bonchev–Trinajstić information content (AvgIpc) is 3.40. The van der Waals surface area contributed by atoms with Crippen molar-refractivity contribution in [3.63, 3.8) is 0 Å². The summed E-state index contributed by atoms with van der Waals surface area (Å²) in [5, 5.41) is 2.93. The second-order valence-electron chi connectivity index (χ2n) is 5.69. The summed E-state index contributed by atoms with van der Waals surface area (Å²) in [5.41, 5.74) is 2.60. The fourth-order valence-electron chi connectivity index (χ4n) is 2.58. The molecule has 0 spiro atoms. The highest BCUT2D eigenvalue weighted by atomic mass is 16.1. The third-order valence-corrected chi connectivity index (χ3v) is 3.97. The summed E-state index contributed by atoms with van der Waals surface area (Å²) in [5.74, 6) is 0.507. The van der Waals surface area contributed by atoms with Crippen molar-refractivity contribution in [1.82, 2.24) is 29.4 Å². The highest BCUT2D eigenvalue weighted by molar-refractivity contribution is 5.94. The summed E-state index contributed by atoms with van der Waals surface area (Å²) in [6.45, 7) is 0.450. The van der Waals surface area contributed by atoms with E-state index in [-0.39, 0.29) is 5.91 Å². The maximum atomic E-state index is 12.4. The normalized spacial score (nSPS) is 10.6. The Labute approximate surface area is 150 Å². The molecule has 128 valence electrons. The molecule has 0 bridgehead atoms. The summed E-state index contributed by atoms with van der Waals surface area (Å²) < 4.78 is 3.68. The first-order chi connectivity index (χ1) is 12.8. The molecule has 1 N–H and O–H groups in total. The molecule has 0 aliphatic rings. The molecule has 0 saturated carbocycles. The Morgan fingerprint density at radius 1 is 0.923 bits per heavy atom. The zero-order chi connectivity index (χ0) is 17.8. The van der Waals surface area contributed by atoms with E-state index in [4.69, 9.17) is 0 Å². The van der Waals surface area contributed by atoms with E-state index in [1.54, 1.807) is 54.1 Å². The Bertz CT molecular complexity index is 991. The third kappa shape index (κ3) is 3.36.